The Bertz CT molecular complexity index is 711. The van der Waals surface area contributed by atoms with E-state index in [-0.39, 0.29) is 0 Å². The van der Waals surface area contributed by atoms with E-state index in [1.807, 2.05) is 12.3 Å². The molecule has 3 rings (SSSR count). The fraction of sp³-hybridized carbons (Fsp3) is 0.267. The number of aryl methyl sites for hydroxylation is 1. The molecule has 6 heteroatoms. The summed E-state index contributed by atoms with van der Waals surface area (Å²) >= 11 is 3.57. The standard InChI is InChI=1S/C15H16BrN5/c16-13-6-5-11(15-12(13)3-1-8-18-15)9-17-7-2-4-14-19-10-20-21-14/h1,3,5-6,8,10,17H,2,4,7,9H2,(H,19,20,21). The van der Waals surface area contributed by atoms with E-state index in [2.05, 4.69) is 59.6 Å². The average Bonchev–Trinajstić information content (AvgIpc) is 3.03. The minimum Gasteiger partial charge on any atom is -0.313 e. The molecule has 3 aromatic rings. The van der Waals surface area contributed by atoms with Gasteiger partial charge in [0.2, 0.25) is 0 Å². The lowest BCUT2D eigenvalue weighted by molar-refractivity contribution is 0.641. The highest BCUT2D eigenvalue weighted by Crippen LogP contribution is 2.25. The molecular formula is C15H16BrN5. The smallest absolute Gasteiger partial charge is 0.137 e. The highest BCUT2D eigenvalue weighted by Gasteiger charge is 2.05. The second-order valence-electron chi connectivity index (χ2n) is 4.82. The number of halogens is 1. The zero-order valence-electron chi connectivity index (χ0n) is 11.5. The van der Waals surface area contributed by atoms with E-state index in [0.29, 0.717) is 0 Å². The Morgan fingerprint density at radius 1 is 1.19 bits per heavy atom. The van der Waals surface area contributed by atoms with Crippen molar-refractivity contribution < 1.29 is 0 Å². The van der Waals surface area contributed by atoms with E-state index in [4.69, 9.17) is 0 Å². The van der Waals surface area contributed by atoms with Crippen molar-refractivity contribution in [2.75, 3.05) is 6.54 Å². The van der Waals surface area contributed by atoms with Crippen molar-refractivity contribution in [2.24, 2.45) is 0 Å². The van der Waals surface area contributed by atoms with E-state index >= 15 is 0 Å². The summed E-state index contributed by atoms with van der Waals surface area (Å²) in [6.45, 7) is 1.75. The van der Waals surface area contributed by atoms with Gasteiger partial charge in [0.1, 0.15) is 12.2 Å². The zero-order chi connectivity index (χ0) is 14.5. The molecule has 0 spiro atoms. The first-order valence-electron chi connectivity index (χ1n) is 6.91. The van der Waals surface area contributed by atoms with Crippen molar-refractivity contribution in [1.82, 2.24) is 25.5 Å². The van der Waals surface area contributed by atoms with Crippen LogP contribution in [0.1, 0.15) is 17.8 Å². The number of benzene rings is 1. The van der Waals surface area contributed by atoms with Crippen LogP contribution < -0.4 is 5.32 Å². The Labute approximate surface area is 131 Å². The summed E-state index contributed by atoms with van der Waals surface area (Å²) in [4.78, 5) is 8.60. The van der Waals surface area contributed by atoms with Crippen LogP contribution in [-0.2, 0) is 13.0 Å². The highest BCUT2D eigenvalue weighted by molar-refractivity contribution is 9.10. The molecule has 0 atom stereocenters. The van der Waals surface area contributed by atoms with Gasteiger partial charge in [-0.15, -0.1) is 0 Å². The second kappa shape index (κ2) is 6.78. The summed E-state index contributed by atoms with van der Waals surface area (Å²) in [7, 11) is 0. The van der Waals surface area contributed by atoms with Crippen LogP contribution in [0.3, 0.4) is 0 Å². The van der Waals surface area contributed by atoms with Gasteiger partial charge in [0, 0.05) is 29.0 Å². The molecule has 2 heterocycles. The average molecular weight is 346 g/mol. The van der Waals surface area contributed by atoms with Crippen molar-refractivity contribution in [1.29, 1.82) is 0 Å². The van der Waals surface area contributed by atoms with Crippen LogP contribution in [0, 0.1) is 0 Å². The molecule has 0 saturated heterocycles. The third-order valence-corrected chi connectivity index (χ3v) is 4.04. The van der Waals surface area contributed by atoms with Crippen molar-refractivity contribution in [3.05, 3.63) is 52.7 Å². The second-order valence-corrected chi connectivity index (χ2v) is 5.67. The topological polar surface area (TPSA) is 66.5 Å². The predicted molar refractivity (Wildman–Crippen MR) is 85.9 cm³/mol. The number of rotatable bonds is 6. The number of hydrogen-bond donors (Lipinski definition) is 2. The third kappa shape index (κ3) is 3.46. The third-order valence-electron chi connectivity index (χ3n) is 3.35. The normalized spacial score (nSPS) is 11.1. The SMILES string of the molecule is Brc1ccc(CNCCCc2ncn[nH]2)c2ncccc12. The molecule has 0 amide bonds. The van der Waals surface area contributed by atoms with E-state index in [1.54, 1.807) is 6.33 Å². The van der Waals surface area contributed by atoms with E-state index in [9.17, 15) is 0 Å². The van der Waals surface area contributed by atoms with Gasteiger partial charge in [-0.2, -0.15) is 5.10 Å². The first kappa shape index (κ1) is 14.2. The number of pyridine rings is 1. The Morgan fingerprint density at radius 2 is 2.14 bits per heavy atom. The minimum absolute atomic E-state index is 0.817. The van der Waals surface area contributed by atoms with Crippen molar-refractivity contribution in [3.63, 3.8) is 0 Å². The Kier molecular flexibility index (Phi) is 4.57. The summed E-state index contributed by atoms with van der Waals surface area (Å²) in [5.41, 5.74) is 2.27. The maximum absolute atomic E-state index is 4.49. The Balaban J connectivity index is 1.57. The Hall–Kier alpha value is -1.79. The van der Waals surface area contributed by atoms with Crippen LogP contribution >= 0.6 is 15.9 Å². The van der Waals surface area contributed by atoms with E-state index in [0.717, 1.165) is 47.1 Å². The van der Waals surface area contributed by atoms with Gasteiger partial charge < -0.3 is 5.32 Å². The summed E-state index contributed by atoms with van der Waals surface area (Å²) in [6, 6.07) is 8.24. The number of aromatic nitrogens is 4. The van der Waals surface area contributed by atoms with Gasteiger partial charge in [-0.25, -0.2) is 4.98 Å². The van der Waals surface area contributed by atoms with E-state index in [1.165, 1.54) is 5.56 Å². The quantitative estimate of drug-likeness (QED) is 0.674. The number of nitrogens with zero attached hydrogens (tertiary/aromatic N) is 3. The Morgan fingerprint density at radius 3 is 3.00 bits per heavy atom. The molecule has 0 saturated carbocycles. The molecule has 0 unspecified atom stereocenters. The molecular weight excluding hydrogens is 330 g/mol. The van der Waals surface area contributed by atoms with Crippen molar-refractivity contribution in [3.8, 4) is 0 Å². The lowest BCUT2D eigenvalue weighted by atomic mass is 10.1. The molecule has 1 aromatic carbocycles. The maximum atomic E-state index is 4.49. The fourth-order valence-corrected chi connectivity index (χ4v) is 2.75. The lowest BCUT2D eigenvalue weighted by Crippen LogP contribution is -2.16. The van der Waals surface area contributed by atoms with Gasteiger partial charge in [-0.05, 0) is 30.7 Å². The van der Waals surface area contributed by atoms with Crippen LogP contribution in [-0.4, -0.2) is 26.7 Å². The van der Waals surface area contributed by atoms with E-state index < -0.39 is 0 Å². The van der Waals surface area contributed by atoms with Crippen LogP contribution in [0.5, 0.6) is 0 Å². The lowest BCUT2D eigenvalue weighted by Gasteiger charge is -2.08. The zero-order valence-corrected chi connectivity index (χ0v) is 13.1. The van der Waals surface area contributed by atoms with Crippen LogP contribution in [0.2, 0.25) is 0 Å². The number of fused-ring (bicyclic) bond motifs is 1. The van der Waals surface area contributed by atoms with Crippen molar-refractivity contribution in [2.45, 2.75) is 19.4 Å². The van der Waals surface area contributed by atoms with Gasteiger partial charge in [0.15, 0.2) is 0 Å². The molecule has 0 aliphatic rings. The number of H-pyrrole nitrogens is 1. The van der Waals surface area contributed by atoms with Crippen molar-refractivity contribution >= 4 is 26.8 Å². The summed E-state index contributed by atoms with van der Waals surface area (Å²) in [5.74, 6) is 0.938. The molecule has 0 aliphatic heterocycles. The number of nitrogens with one attached hydrogen (secondary N) is 2. The van der Waals surface area contributed by atoms with Gasteiger partial charge in [0.05, 0.1) is 5.52 Å². The molecule has 0 radical (unpaired) electrons. The fourth-order valence-electron chi connectivity index (χ4n) is 2.29. The number of hydrogen-bond acceptors (Lipinski definition) is 4. The monoisotopic (exact) mass is 345 g/mol. The molecule has 108 valence electrons. The van der Waals surface area contributed by atoms with Gasteiger partial charge in [0.25, 0.3) is 0 Å². The molecule has 0 bridgehead atoms. The van der Waals surface area contributed by atoms with Gasteiger partial charge >= 0.3 is 0 Å². The van der Waals surface area contributed by atoms with Crippen LogP contribution in [0.15, 0.2) is 41.3 Å². The summed E-state index contributed by atoms with van der Waals surface area (Å²) in [6.07, 6.45) is 5.31. The molecule has 21 heavy (non-hydrogen) atoms. The van der Waals surface area contributed by atoms with Gasteiger partial charge in [-0.3, -0.25) is 10.1 Å². The number of aromatic amines is 1. The predicted octanol–water partition coefficient (Wildman–Crippen LogP) is 2.84. The van der Waals surface area contributed by atoms with Gasteiger partial charge in [-0.1, -0.05) is 28.1 Å². The first-order chi connectivity index (χ1) is 10.3. The molecule has 0 aliphatic carbocycles. The molecule has 2 aromatic heterocycles. The molecule has 5 nitrogen and oxygen atoms in total. The summed E-state index contributed by atoms with van der Waals surface area (Å²) < 4.78 is 1.08. The maximum Gasteiger partial charge on any atom is 0.137 e. The highest BCUT2D eigenvalue weighted by atomic mass is 79.9. The largest absolute Gasteiger partial charge is 0.313 e. The van der Waals surface area contributed by atoms with Crippen LogP contribution in [0.4, 0.5) is 0 Å². The van der Waals surface area contributed by atoms with Crippen LogP contribution in [0.25, 0.3) is 10.9 Å². The first-order valence-corrected chi connectivity index (χ1v) is 7.71. The minimum atomic E-state index is 0.817. The summed E-state index contributed by atoms with van der Waals surface area (Å²) in [5, 5.41) is 11.3. The molecule has 2 N–H and O–H groups in total. The molecule has 0 fully saturated rings.